The maximum absolute atomic E-state index is 13.1. The van der Waals surface area contributed by atoms with Gasteiger partial charge in [0.25, 0.3) is 0 Å². The highest BCUT2D eigenvalue weighted by Gasteiger charge is 2.26. The van der Waals surface area contributed by atoms with Crippen molar-refractivity contribution in [3.63, 3.8) is 0 Å². The first-order valence-electron chi connectivity index (χ1n) is 10.4. The van der Waals surface area contributed by atoms with Crippen LogP contribution in [-0.2, 0) is 9.53 Å². The van der Waals surface area contributed by atoms with Gasteiger partial charge in [0.15, 0.2) is 5.13 Å². The predicted molar refractivity (Wildman–Crippen MR) is 124 cm³/mol. The summed E-state index contributed by atoms with van der Waals surface area (Å²) < 4.78 is 25.1. The lowest BCUT2D eigenvalue weighted by atomic mass is 10.2. The molecule has 1 saturated heterocycles. The Kier molecular flexibility index (Phi) is 7.42. The highest BCUT2D eigenvalue weighted by molar-refractivity contribution is 7.99. The van der Waals surface area contributed by atoms with E-state index in [0.29, 0.717) is 18.1 Å². The van der Waals surface area contributed by atoms with E-state index in [-0.39, 0.29) is 17.8 Å². The zero-order valence-corrected chi connectivity index (χ0v) is 19.0. The van der Waals surface area contributed by atoms with Crippen molar-refractivity contribution in [1.29, 1.82) is 0 Å². The maximum Gasteiger partial charge on any atom is 0.228 e. The molecule has 1 unspecified atom stereocenters. The van der Waals surface area contributed by atoms with Crippen LogP contribution in [0.25, 0.3) is 10.2 Å². The number of carbonyl (C=O) groups is 1. The first kappa shape index (κ1) is 22.0. The molecule has 0 saturated carbocycles. The number of halogens is 1. The van der Waals surface area contributed by atoms with Gasteiger partial charge < -0.3 is 9.47 Å². The van der Waals surface area contributed by atoms with Gasteiger partial charge in [0.05, 0.1) is 30.0 Å². The van der Waals surface area contributed by atoms with E-state index in [1.807, 2.05) is 18.2 Å². The van der Waals surface area contributed by atoms with Crippen LogP contribution < -0.4 is 9.64 Å². The van der Waals surface area contributed by atoms with Crippen molar-refractivity contribution in [1.82, 2.24) is 4.98 Å². The molecule has 0 bridgehead atoms. The Morgan fingerprint density at radius 2 is 2.16 bits per heavy atom. The van der Waals surface area contributed by atoms with E-state index in [9.17, 15) is 9.18 Å². The van der Waals surface area contributed by atoms with E-state index in [2.05, 4.69) is 0 Å². The van der Waals surface area contributed by atoms with Crippen molar-refractivity contribution < 1.29 is 18.7 Å². The molecule has 1 aliphatic heterocycles. The number of benzene rings is 2. The number of ether oxygens (including phenoxy) is 2. The predicted octanol–water partition coefficient (Wildman–Crippen LogP) is 5.53. The summed E-state index contributed by atoms with van der Waals surface area (Å²) in [4.78, 5) is 20.6. The Bertz CT molecular complexity index is 1020. The summed E-state index contributed by atoms with van der Waals surface area (Å²) in [5.74, 6) is 1.39. The molecule has 164 valence electrons. The Morgan fingerprint density at radius 3 is 2.90 bits per heavy atom. The average molecular weight is 461 g/mol. The summed E-state index contributed by atoms with van der Waals surface area (Å²) in [5, 5.41) is 0.704. The Balaban J connectivity index is 1.42. The molecule has 1 atom stereocenters. The molecule has 31 heavy (non-hydrogen) atoms. The van der Waals surface area contributed by atoms with Crippen LogP contribution in [-0.4, -0.2) is 43.0 Å². The zero-order chi connectivity index (χ0) is 21.6. The summed E-state index contributed by atoms with van der Waals surface area (Å²) in [6.45, 7) is 1.28. The first-order chi connectivity index (χ1) is 15.1. The molecular formula is C23H25FN2O3S2. The number of thioether (sulfide) groups is 1. The van der Waals surface area contributed by atoms with Crippen LogP contribution >= 0.6 is 23.1 Å². The molecular weight excluding hydrogens is 435 g/mol. The van der Waals surface area contributed by atoms with Gasteiger partial charge in [0.2, 0.25) is 5.91 Å². The van der Waals surface area contributed by atoms with Crippen molar-refractivity contribution >= 4 is 44.4 Å². The molecule has 4 rings (SSSR count). The van der Waals surface area contributed by atoms with E-state index in [1.54, 1.807) is 35.9 Å². The second kappa shape index (κ2) is 10.4. The van der Waals surface area contributed by atoms with Gasteiger partial charge >= 0.3 is 0 Å². The summed E-state index contributed by atoms with van der Waals surface area (Å²) in [5.41, 5.74) is 0.859. The third kappa shape index (κ3) is 5.75. The highest BCUT2D eigenvalue weighted by Crippen LogP contribution is 2.33. The van der Waals surface area contributed by atoms with Crippen LogP contribution in [0, 0.1) is 5.82 Å². The van der Waals surface area contributed by atoms with Crippen molar-refractivity contribution in [2.45, 2.75) is 36.7 Å². The molecule has 8 heteroatoms. The summed E-state index contributed by atoms with van der Waals surface area (Å²) in [7, 11) is 1.64. The molecule has 3 aromatic rings. The summed E-state index contributed by atoms with van der Waals surface area (Å²) >= 11 is 3.13. The number of rotatable bonds is 9. The number of hydrogen-bond donors (Lipinski definition) is 0. The Labute approximate surface area is 189 Å². The average Bonchev–Trinajstić information content (AvgIpc) is 3.45. The lowest BCUT2D eigenvalue weighted by molar-refractivity contribution is -0.119. The minimum Gasteiger partial charge on any atom is -0.497 e. The summed E-state index contributed by atoms with van der Waals surface area (Å²) in [6.07, 6.45) is 3.21. The number of thiazole rings is 1. The minimum absolute atomic E-state index is 0.0547. The number of carbonyl (C=O) groups excluding carboxylic acids is 1. The maximum atomic E-state index is 13.1. The second-order valence-corrected chi connectivity index (χ2v) is 9.55. The molecule has 0 N–H and O–H groups in total. The summed E-state index contributed by atoms with van der Waals surface area (Å²) in [6, 6.07) is 12.2. The van der Waals surface area contributed by atoms with Gasteiger partial charge in [-0.1, -0.05) is 11.3 Å². The smallest absolute Gasteiger partial charge is 0.228 e. The van der Waals surface area contributed by atoms with Crippen molar-refractivity contribution in [2.75, 3.05) is 30.9 Å². The molecule has 2 aromatic carbocycles. The zero-order valence-electron chi connectivity index (χ0n) is 17.4. The van der Waals surface area contributed by atoms with Crippen molar-refractivity contribution in [3.8, 4) is 5.75 Å². The Morgan fingerprint density at radius 1 is 1.32 bits per heavy atom. The molecule has 1 amide bonds. The van der Waals surface area contributed by atoms with Crippen molar-refractivity contribution in [2.24, 2.45) is 0 Å². The van der Waals surface area contributed by atoms with E-state index in [1.165, 1.54) is 23.5 Å². The number of amides is 1. The monoisotopic (exact) mass is 460 g/mol. The highest BCUT2D eigenvalue weighted by atomic mass is 32.2. The number of fused-ring (bicyclic) bond motifs is 1. The molecule has 1 fully saturated rings. The molecule has 1 aliphatic rings. The SMILES string of the molecule is COc1ccc2nc(N(CC3CCCO3)C(=O)CCCSc3ccc(F)cc3)sc2c1. The number of aromatic nitrogens is 1. The van der Waals surface area contributed by atoms with Crippen LogP contribution in [0.3, 0.4) is 0 Å². The fraction of sp³-hybridized carbons (Fsp3) is 0.391. The molecule has 0 spiro atoms. The van der Waals surface area contributed by atoms with E-state index < -0.39 is 0 Å². The van der Waals surface area contributed by atoms with Gasteiger partial charge in [-0.25, -0.2) is 9.37 Å². The Hall–Kier alpha value is -2.16. The van der Waals surface area contributed by atoms with Gasteiger partial charge in [-0.2, -0.15) is 0 Å². The quantitative estimate of drug-likeness (QED) is 0.310. The van der Waals surface area contributed by atoms with Gasteiger partial charge in [-0.15, -0.1) is 11.8 Å². The second-order valence-electron chi connectivity index (χ2n) is 7.38. The van der Waals surface area contributed by atoms with E-state index in [4.69, 9.17) is 14.5 Å². The number of anilines is 1. The standard InChI is InChI=1S/C23H25FN2O3S2/c1-28-17-8-11-20-21(14-17)31-23(25-20)26(15-18-4-2-12-29-18)22(27)5-3-13-30-19-9-6-16(24)7-10-19/h6-11,14,18H,2-5,12-13,15H2,1H3. The number of hydrogen-bond acceptors (Lipinski definition) is 6. The van der Waals surface area contributed by atoms with E-state index >= 15 is 0 Å². The van der Waals surface area contributed by atoms with Gasteiger partial charge in [0, 0.05) is 17.9 Å². The van der Waals surface area contributed by atoms with Gasteiger partial charge in [-0.05, 0) is 67.5 Å². The molecule has 5 nitrogen and oxygen atoms in total. The van der Waals surface area contributed by atoms with Crippen LogP contribution in [0.15, 0.2) is 47.4 Å². The van der Waals surface area contributed by atoms with E-state index in [0.717, 1.165) is 52.5 Å². The fourth-order valence-electron chi connectivity index (χ4n) is 3.49. The lowest BCUT2D eigenvalue weighted by Gasteiger charge is -2.23. The van der Waals surface area contributed by atoms with Crippen LogP contribution in [0.4, 0.5) is 9.52 Å². The number of methoxy groups -OCH3 is 1. The molecule has 0 aliphatic carbocycles. The lowest BCUT2D eigenvalue weighted by Crippen LogP contribution is -2.37. The van der Waals surface area contributed by atoms with Gasteiger partial charge in [-0.3, -0.25) is 9.69 Å². The van der Waals surface area contributed by atoms with Crippen LogP contribution in [0.2, 0.25) is 0 Å². The molecule has 1 aromatic heterocycles. The normalized spacial score (nSPS) is 16.0. The fourth-order valence-corrected chi connectivity index (χ4v) is 5.37. The molecule has 2 heterocycles. The van der Waals surface area contributed by atoms with Crippen molar-refractivity contribution in [3.05, 3.63) is 48.3 Å². The van der Waals surface area contributed by atoms with Crippen LogP contribution in [0.1, 0.15) is 25.7 Å². The third-order valence-electron chi connectivity index (χ3n) is 5.14. The minimum atomic E-state index is -0.238. The topological polar surface area (TPSA) is 51.7 Å². The van der Waals surface area contributed by atoms with Gasteiger partial charge in [0.1, 0.15) is 11.6 Å². The third-order valence-corrected chi connectivity index (χ3v) is 7.28. The van der Waals surface area contributed by atoms with Crippen LogP contribution in [0.5, 0.6) is 5.75 Å². The number of nitrogens with zero attached hydrogens (tertiary/aromatic N) is 2. The largest absolute Gasteiger partial charge is 0.497 e. The molecule has 0 radical (unpaired) electrons. The first-order valence-corrected chi connectivity index (χ1v) is 12.2.